The Balaban J connectivity index is 0.00000288. The molecule has 6 nitrogen and oxygen atoms in total. The van der Waals surface area contributed by atoms with Crippen LogP contribution in [0.5, 0.6) is 0 Å². The van der Waals surface area contributed by atoms with Crippen LogP contribution in [0.15, 0.2) is 48.7 Å². The van der Waals surface area contributed by atoms with Gasteiger partial charge in [-0.25, -0.2) is 0 Å². The van der Waals surface area contributed by atoms with E-state index in [2.05, 4.69) is 26.6 Å². The standard InChI is InChI=1S/C32H34F6N4O2.2ClH/c1-44-21-26-7-6-12-41(26)11-5-4-10-40-13-14-42(27(20-40)17-23-19-39-29-9-3-2-8-28(23)29)30(43)22-15-24(31(33,34)35)18-25(16-22)32(36,37)38;;/h2-3,8-9,15-16,18-19,26-27,39H,6-7,10-14,17,20-21H2,1H3;2*1H/t26-,27-;;/m1../s1. The molecule has 2 aromatic carbocycles. The Morgan fingerprint density at radius 3 is 2.28 bits per heavy atom. The average molecular weight is 694 g/mol. The van der Waals surface area contributed by atoms with Crippen molar-refractivity contribution in [3.8, 4) is 11.8 Å². The highest BCUT2D eigenvalue weighted by molar-refractivity contribution is 5.95. The first kappa shape index (κ1) is 37.5. The first-order chi connectivity index (χ1) is 20.9. The number of halogens is 8. The zero-order valence-corrected chi connectivity index (χ0v) is 26.7. The van der Waals surface area contributed by atoms with Gasteiger partial charge in [0.05, 0.1) is 30.8 Å². The number of alkyl halides is 6. The number of piperazine rings is 1. The van der Waals surface area contributed by atoms with Crippen LogP contribution in [-0.4, -0.2) is 90.7 Å². The third-order valence-electron chi connectivity index (χ3n) is 8.36. The molecule has 1 N–H and O–H groups in total. The second kappa shape index (κ2) is 15.8. The summed E-state index contributed by atoms with van der Waals surface area (Å²) in [7, 11) is 1.68. The molecule has 2 aliphatic rings. The number of hydrogen-bond acceptors (Lipinski definition) is 4. The SMILES string of the molecule is COC[C@H]1CCCN1CC#CCN1CCN(C(=O)c2cc(C(F)(F)F)cc(C(F)(F)F)c2)[C@H](Cc2c[nH]c3ccccc23)C1.Cl.Cl. The van der Waals surface area contributed by atoms with E-state index >= 15 is 0 Å². The first-order valence-electron chi connectivity index (χ1n) is 14.5. The molecule has 3 heterocycles. The van der Waals surface area contributed by atoms with E-state index in [4.69, 9.17) is 4.74 Å². The van der Waals surface area contributed by atoms with Gasteiger partial charge in [-0.2, -0.15) is 26.3 Å². The lowest BCUT2D eigenvalue weighted by Crippen LogP contribution is -2.56. The Hall–Kier alpha value is -2.95. The first-order valence-corrected chi connectivity index (χ1v) is 14.5. The van der Waals surface area contributed by atoms with E-state index in [0.29, 0.717) is 57.4 Å². The summed E-state index contributed by atoms with van der Waals surface area (Å²) < 4.78 is 86.6. The van der Waals surface area contributed by atoms with Crippen LogP contribution >= 0.6 is 24.8 Å². The summed E-state index contributed by atoms with van der Waals surface area (Å²) >= 11 is 0. The fourth-order valence-electron chi connectivity index (χ4n) is 6.11. The average Bonchev–Trinajstić information content (AvgIpc) is 3.61. The molecule has 3 aromatic rings. The van der Waals surface area contributed by atoms with Crippen LogP contribution in [0.4, 0.5) is 26.3 Å². The molecular formula is C32H36Cl2F6N4O2. The van der Waals surface area contributed by atoms with Crippen molar-refractivity contribution in [1.29, 1.82) is 0 Å². The van der Waals surface area contributed by atoms with E-state index in [1.54, 1.807) is 7.11 Å². The van der Waals surface area contributed by atoms with Crippen molar-refractivity contribution in [3.05, 3.63) is 70.9 Å². The second-order valence-electron chi connectivity index (χ2n) is 11.3. The van der Waals surface area contributed by atoms with E-state index < -0.39 is 41.0 Å². The molecular weight excluding hydrogens is 657 g/mol. The summed E-state index contributed by atoms with van der Waals surface area (Å²) in [6, 6.07) is 8.48. The molecule has 2 saturated heterocycles. The third kappa shape index (κ3) is 8.89. The number of methoxy groups -OCH3 is 1. The Bertz CT molecular complexity index is 1500. The molecule has 2 aliphatic heterocycles. The summed E-state index contributed by atoms with van der Waals surface area (Å²) in [6.45, 7) is 3.53. The van der Waals surface area contributed by atoms with Crippen molar-refractivity contribution >= 4 is 41.6 Å². The molecule has 1 amide bonds. The third-order valence-corrected chi connectivity index (χ3v) is 8.36. The largest absolute Gasteiger partial charge is 0.416 e. The minimum absolute atomic E-state index is 0. The maximum atomic E-state index is 13.7. The molecule has 2 fully saturated rings. The summed E-state index contributed by atoms with van der Waals surface area (Å²) in [6.07, 6.45) is -5.75. The number of amides is 1. The Labute approximate surface area is 276 Å². The summed E-state index contributed by atoms with van der Waals surface area (Å²) in [5, 5.41) is 0.937. The fraction of sp³-hybridized carbons (Fsp3) is 0.469. The number of rotatable bonds is 7. The van der Waals surface area contributed by atoms with Crippen molar-refractivity contribution in [1.82, 2.24) is 19.7 Å². The lowest BCUT2D eigenvalue weighted by Gasteiger charge is -2.41. The number of ether oxygens (including phenoxy) is 1. The Kier molecular flexibility index (Phi) is 12.9. The molecule has 0 bridgehead atoms. The quantitative estimate of drug-likeness (QED) is 0.226. The highest BCUT2D eigenvalue weighted by atomic mass is 35.5. The predicted molar refractivity (Wildman–Crippen MR) is 168 cm³/mol. The molecule has 0 spiro atoms. The number of fused-ring (bicyclic) bond motifs is 1. The number of nitrogens with zero attached hydrogens (tertiary/aromatic N) is 3. The van der Waals surface area contributed by atoms with Gasteiger partial charge in [0, 0.05) is 61.5 Å². The molecule has 5 rings (SSSR count). The molecule has 0 aliphatic carbocycles. The molecule has 1 aromatic heterocycles. The van der Waals surface area contributed by atoms with Gasteiger partial charge in [-0.15, -0.1) is 24.8 Å². The van der Waals surface area contributed by atoms with Gasteiger partial charge < -0.3 is 14.6 Å². The number of carbonyl (C=O) groups is 1. The number of carbonyl (C=O) groups excluding carboxylic acids is 1. The van der Waals surface area contributed by atoms with E-state index in [0.717, 1.165) is 35.9 Å². The van der Waals surface area contributed by atoms with E-state index in [1.165, 1.54) is 4.90 Å². The van der Waals surface area contributed by atoms with Crippen molar-refractivity contribution in [2.75, 3.05) is 53.0 Å². The smallest absolute Gasteiger partial charge is 0.383 e. The van der Waals surface area contributed by atoms with Crippen molar-refractivity contribution < 1.29 is 35.9 Å². The van der Waals surface area contributed by atoms with E-state index in [-0.39, 0.29) is 37.4 Å². The Morgan fingerprint density at radius 2 is 1.61 bits per heavy atom. The Morgan fingerprint density at radius 1 is 0.935 bits per heavy atom. The number of likely N-dealkylation sites (tertiary alicyclic amines) is 1. The van der Waals surface area contributed by atoms with Crippen LogP contribution in [0.2, 0.25) is 0 Å². The maximum absolute atomic E-state index is 13.7. The molecule has 0 radical (unpaired) electrons. The van der Waals surface area contributed by atoms with Crippen molar-refractivity contribution in [2.24, 2.45) is 0 Å². The number of benzene rings is 2. The maximum Gasteiger partial charge on any atom is 0.416 e. The van der Waals surface area contributed by atoms with Crippen LogP contribution in [-0.2, 0) is 23.5 Å². The van der Waals surface area contributed by atoms with Gasteiger partial charge in [0.2, 0.25) is 0 Å². The highest BCUT2D eigenvalue weighted by Gasteiger charge is 2.39. The minimum Gasteiger partial charge on any atom is -0.383 e. The second-order valence-corrected chi connectivity index (χ2v) is 11.3. The molecule has 252 valence electrons. The van der Waals surface area contributed by atoms with Crippen molar-refractivity contribution in [2.45, 2.75) is 43.7 Å². The molecule has 2 atom stereocenters. The minimum atomic E-state index is -5.05. The normalized spacial score (nSPS) is 19.3. The van der Waals surface area contributed by atoms with Crippen LogP contribution in [0.1, 0.15) is 39.9 Å². The molecule has 46 heavy (non-hydrogen) atoms. The highest BCUT2D eigenvalue weighted by Crippen LogP contribution is 2.37. The van der Waals surface area contributed by atoms with Gasteiger partial charge in [-0.3, -0.25) is 14.6 Å². The number of hydrogen-bond donors (Lipinski definition) is 1. The molecule has 0 saturated carbocycles. The predicted octanol–water partition coefficient (Wildman–Crippen LogP) is 6.53. The summed E-state index contributed by atoms with van der Waals surface area (Å²) in [4.78, 5) is 22.6. The van der Waals surface area contributed by atoms with Gasteiger partial charge in [0.25, 0.3) is 5.91 Å². The topological polar surface area (TPSA) is 51.8 Å². The lowest BCUT2D eigenvalue weighted by molar-refractivity contribution is -0.143. The van der Waals surface area contributed by atoms with Crippen LogP contribution in [0, 0.1) is 11.8 Å². The zero-order chi connectivity index (χ0) is 31.5. The number of nitrogens with one attached hydrogen (secondary N) is 1. The summed E-state index contributed by atoms with van der Waals surface area (Å²) in [5.74, 6) is 5.57. The van der Waals surface area contributed by atoms with Gasteiger partial charge in [-0.05, 0) is 55.6 Å². The number of aromatic amines is 1. The number of para-hydroxylation sites is 1. The molecule has 0 unspecified atom stereocenters. The monoisotopic (exact) mass is 692 g/mol. The van der Waals surface area contributed by atoms with Crippen LogP contribution in [0.3, 0.4) is 0 Å². The van der Waals surface area contributed by atoms with Crippen molar-refractivity contribution in [3.63, 3.8) is 0 Å². The number of H-pyrrole nitrogens is 1. The van der Waals surface area contributed by atoms with E-state index in [1.807, 2.05) is 30.5 Å². The van der Waals surface area contributed by atoms with Gasteiger partial charge in [-0.1, -0.05) is 30.0 Å². The zero-order valence-electron chi connectivity index (χ0n) is 25.1. The molecule has 14 heteroatoms. The van der Waals surface area contributed by atoms with E-state index in [9.17, 15) is 31.1 Å². The number of aromatic nitrogens is 1. The fourth-order valence-corrected chi connectivity index (χ4v) is 6.11. The lowest BCUT2D eigenvalue weighted by atomic mass is 9.98. The van der Waals surface area contributed by atoms with Crippen LogP contribution < -0.4 is 0 Å². The summed E-state index contributed by atoms with van der Waals surface area (Å²) in [5.41, 5.74) is -1.87. The van der Waals surface area contributed by atoms with Gasteiger partial charge >= 0.3 is 12.4 Å². The van der Waals surface area contributed by atoms with Gasteiger partial charge in [0.15, 0.2) is 0 Å². The van der Waals surface area contributed by atoms with Crippen LogP contribution in [0.25, 0.3) is 10.9 Å². The van der Waals surface area contributed by atoms with Gasteiger partial charge in [0.1, 0.15) is 0 Å².